The summed E-state index contributed by atoms with van der Waals surface area (Å²) in [5.41, 5.74) is 0.223. The Morgan fingerprint density at radius 1 is 1.38 bits per heavy atom. The molecule has 0 radical (unpaired) electrons. The molecule has 0 aliphatic heterocycles. The van der Waals surface area contributed by atoms with Crippen LogP contribution in [0, 0.1) is 11.3 Å². The normalized spacial score (nSPS) is 18.0. The zero-order valence-corrected chi connectivity index (χ0v) is 15.6. The van der Waals surface area contributed by atoms with Gasteiger partial charge in [-0.1, -0.05) is 48.5 Å². The molecule has 0 saturated heterocycles. The van der Waals surface area contributed by atoms with Crippen LogP contribution in [-0.4, -0.2) is 29.9 Å². The van der Waals surface area contributed by atoms with Gasteiger partial charge in [-0.3, -0.25) is 9.69 Å². The van der Waals surface area contributed by atoms with Gasteiger partial charge >= 0.3 is 0 Å². The van der Waals surface area contributed by atoms with Crippen molar-refractivity contribution in [3.63, 3.8) is 0 Å². The minimum absolute atomic E-state index is 0.0371. The van der Waals surface area contributed by atoms with Crippen molar-refractivity contribution >= 4 is 29.1 Å². The molecule has 0 heterocycles. The molecule has 0 unspecified atom stereocenters. The highest BCUT2D eigenvalue weighted by atomic mass is 35.5. The van der Waals surface area contributed by atoms with Gasteiger partial charge in [-0.15, -0.1) is 0 Å². The molecular formula is C18H23Cl2N3O. The molecular weight excluding hydrogens is 345 g/mol. The van der Waals surface area contributed by atoms with E-state index in [4.69, 9.17) is 23.2 Å². The Morgan fingerprint density at radius 2 is 2.04 bits per heavy atom. The molecule has 1 atom stereocenters. The van der Waals surface area contributed by atoms with E-state index in [1.165, 1.54) is 0 Å². The van der Waals surface area contributed by atoms with Gasteiger partial charge < -0.3 is 5.32 Å². The summed E-state index contributed by atoms with van der Waals surface area (Å²) < 4.78 is 0. The van der Waals surface area contributed by atoms with Gasteiger partial charge in [0.2, 0.25) is 5.91 Å². The molecule has 1 saturated carbocycles. The molecule has 1 aliphatic rings. The number of nitrogens with zero attached hydrogens (tertiary/aromatic N) is 2. The quantitative estimate of drug-likeness (QED) is 0.842. The van der Waals surface area contributed by atoms with E-state index < -0.39 is 5.54 Å². The number of amides is 1. The third-order valence-electron chi connectivity index (χ3n) is 4.77. The van der Waals surface area contributed by atoms with E-state index in [0.29, 0.717) is 10.0 Å². The highest BCUT2D eigenvalue weighted by Crippen LogP contribution is 2.30. The predicted molar refractivity (Wildman–Crippen MR) is 97.1 cm³/mol. The van der Waals surface area contributed by atoms with Gasteiger partial charge in [0.25, 0.3) is 0 Å². The zero-order valence-electron chi connectivity index (χ0n) is 14.1. The fourth-order valence-corrected chi connectivity index (χ4v) is 3.73. The number of benzene rings is 1. The number of nitriles is 1. The minimum Gasteiger partial charge on any atom is -0.337 e. The van der Waals surface area contributed by atoms with Crippen LogP contribution in [0.3, 0.4) is 0 Å². The predicted octanol–water partition coefficient (Wildman–Crippen LogP) is 4.33. The fourth-order valence-electron chi connectivity index (χ4n) is 3.17. The van der Waals surface area contributed by atoms with E-state index in [2.05, 4.69) is 11.4 Å². The summed E-state index contributed by atoms with van der Waals surface area (Å²) in [7, 11) is 1.87. The van der Waals surface area contributed by atoms with Crippen molar-refractivity contribution in [3.8, 4) is 6.07 Å². The van der Waals surface area contributed by atoms with Crippen LogP contribution >= 0.6 is 23.2 Å². The highest BCUT2D eigenvalue weighted by molar-refractivity contribution is 6.35. The lowest BCUT2D eigenvalue weighted by molar-refractivity contribution is -0.124. The molecule has 1 N–H and O–H groups in total. The average molecular weight is 368 g/mol. The maximum Gasteiger partial charge on any atom is 0.235 e. The van der Waals surface area contributed by atoms with E-state index in [1.54, 1.807) is 12.1 Å². The number of carbonyl (C=O) groups is 1. The molecule has 2 rings (SSSR count). The summed E-state index contributed by atoms with van der Waals surface area (Å²) in [4.78, 5) is 14.3. The molecule has 0 aromatic heterocycles. The largest absolute Gasteiger partial charge is 0.337 e. The first kappa shape index (κ1) is 19.1. The first-order chi connectivity index (χ1) is 11.4. The second kappa shape index (κ2) is 8.20. The Bertz CT molecular complexity index is 636. The summed E-state index contributed by atoms with van der Waals surface area (Å²) >= 11 is 12.2. The highest BCUT2D eigenvalue weighted by Gasteiger charge is 2.33. The van der Waals surface area contributed by atoms with E-state index in [0.717, 1.165) is 37.7 Å². The lowest BCUT2D eigenvalue weighted by atomic mass is 9.83. The van der Waals surface area contributed by atoms with E-state index in [-0.39, 0.29) is 18.5 Å². The molecule has 0 spiro atoms. The van der Waals surface area contributed by atoms with E-state index >= 15 is 0 Å². The second-order valence-corrected chi connectivity index (χ2v) is 7.40. The summed E-state index contributed by atoms with van der Waals surface area (Å²) in [6.07, 6.45) is 4.57. The summed E-state index contributed by atoms with van der Waals surface area (Å²) in [6, 6.07) is 7.65. The lowest BCUT2D eigenvalue weighted by Crippen LogP contribution is -2.51. The monoisotopic (exact) mass is 367 g/mol. The van der Waals surface area contributed by atoms with Crippen molar-refractivity contribution in [2.45, 2.75) is 50.6 Å². The molecule has 1 aliphatic carbocycles. The van der Waals surface area contributed by atoms with Crippen LogP contribution in [0.1, 0.15) is 50.6 Å². The van der Waals surface area contributed by atoms with E-state index in [9.17, 15) is 10.1 Å². The lowest BCUT2D eigenvalue weighted by Gasteiger charge is -2.33. The molecule has 0 bridgehead atoms. The summed E-state index contributed by atoms with van der Waals surface area (Å²) in [5, 5.41) is 13.6. The molecule has 24 heavy (non-hydrogen) atoms. The van der Waals surface area contributed by atoms with Crippen LogP contribution in [0.5, 0.6) is 0 Å². The Kier molecular flexibility index (Phi) is 6.51. The van der Waals surface area contributed by atoms with Crippen molar-refractivity contribution in [1.82, 2.24) is 10.2 Å². The second-order valence-electron chi connectivity index (χ2n) is 6.56. The van der Waals surface area contributed by atoms with Crippen LogP contribution in [0.25, 0.3) is 0 Å². The fraction of sp³-hybridized carbons (Fsp3) is 0.556. The van der Waals surface area contributed by atoms with E-state index in [1.807, 2.05) is 24.9 Å². The topological polar surface area (TPSA) is 56.1 Å². The number of hydrogen-bond donors (Lipinski definition) is 1. The van der Waals surface area contributed by atoms with Gasteiger partial charge in [-0.2, -0.15) is 5.26 Å². The van der Waals surface area contributed by atoms with Crippen LogP contribution in [0.15, 0.2) is 18.2 Å². The van der Waals surface area contributed by atoms with Crippen molar-refractivity contribution < 1.29 is 4.79 Å². The Hall–Kier alpha value is -1.28. The first-order valence-electron chi connectivity index (χ1n) is 8.24. The SMILES string of the molecule is C[C@@H](c1ccc(Cl)cc1Cl)N(C)CC(=O)NC1(C#N)CCCCC1. The molecule has 1 fully saturated rings. The average Bonchev–Trinajstić information content (AvgIpc) is 2.55. The number of likely N-dealkylation sites (N-methyl/N-ethyl adjacent to an activating group) is 1. The molecule has 1 amide bonds. The van der Waals surface area contributed by atoms with Crippen LogP contribution in [-0.2, 0) is 4.79 Å². The zero-order chi connectivity index (χ0) is 17.7. The molecule has 1 aromatic rings. The molecule has 4 nitrogen and oxygen atoms in total. The summed E-state index contributed by atoms with van der Waals surface area (Å²) in [5.74, 6) is -0.127. The number of carbonyl (C=O) groups excluding carboxylic acids is 1. The van der Waals surface area contributed by atoms with Gasteiger partial charge in [-0.05, 0) is 44.5 Å². The number of halogens is 2. The molecule has 130 valence electrons. The third-order valence-corrected chi connectivity index (χ3v) is 5.33. The van der Waals surface area contributed by atoms with Crippen LogP contribution < -0.4 is 5.32 Å². The van der Waals surface area contributed by atoms with Gasteiger partial charge in [-0.25, -0.2) is 0 Å². The summed E-state index contributed by atoms with van der Waals surface area (Å²) in [6.45, 7) is 2.20. The minimum atomic E-state index is -0.697. The Balaban J connectivity index is 1.99. The number of hydrogen-bond acceptors (Lipinski definition) is 3. The van der Waals surface area contributed by atoms with Crippen LogP contribution in [0.4, 0.5) is 0 Å². The number of nitrogens with one attached hydrogen (secondary N) is 1. The maximum atomic E-state index is 12.4. The standard InChI is InChI=1S/C18H23Cl2N3O/c1-13(15-7-6-14(19)10-16(15)20)23(2)11-17(24)22-18(12-21)8-4-3-5-9-18/h6-7,10,13H,3-5,8-9,11H2,1-2H3,(H,22,24)/t13-/m0/s1. The third kappa shape index (κ3) is 4.63. The number of rotatable bonds is 5. The van der Waals surface area contributed by atoms with Gasteiger partial charge in [0, 0.05) is 16.1 Å². The van der Waals surface area contributed by atoms with Crippen molar-refractivity contribution in [3.05, 3.63) is 33.8 Å². The van der Waals surface area contributed by atoms with Gasteiger partial charge in [0.15, 0.2) is 0 Å². The molecule has 1 aromatic carbocycles. The molecule has 6 heteroatoms. The van der Waals surface area contributed by atoms with Crippen molar-refractivity contribution in [2.24, 2.45) is 0 Å². The van der Waals surface area contributed by atoms with Gasteiger partial charge in [0.05, 0.1) is 12.6 Å². The Morgan fingerprint density at radius 3 is 2.62 bits per heavy atom. The smallest absolute Gasteiger partial charge is 0.235 e. The van der Waals surface area contributed by atoms with Crippen molar-refractivity contribution in [1.29, 1.82) is 5.26 Å². The van der Waals surface area contributed by atoms with Crippen molar-refractivity contribution in [2.75, 3.05) is 13.6 Å². The maximum absolute atomic E-state index is 12.4. The van der Waals surface area contributed by atoms with Crippen LogP contribution in [0.2, 0.25) is 10.0 Å². The first-order valence-corrected chi connectivity index (χ1v) is 9.00. The van der Waals surface area contributed by atoms with Gasteiger partial charge in [0.1, 0.15) is 5.54 Å². The Labute approximate surface area is 153 Å².